The molecular weight excluding hydrogens is 275 g/mol. The fourth-order valence-corrected chi connectivity index (χ4v) is 3.10. The summed E-state index contributed by atoms with van der Waals surface area (Å²) in [4.78, 5) is 12.0. The monoisotopic (exact) mass is 306 g/mol. The van der Waals surface area contributed by atoms with E-state index in [1.807, 2.05) is 20.8 Å². The molecule has 0 aliphatic heterocycles. The lowest BCUT2D eigenvalue weighted by molar-refractivity contribution is -0.146. The van der Waals surface area contributed by atoms with Gasteiger partial charge in [0.25, 0.3) is 0 Å². The maximum Gasteiger partial charge on any atom is 0.319 e. The number of esters is 1. The molecule has 0 aromatic heterocycles. The summed E-state index contributed by atoms with van der Waals surface area (Å²) in [6.07, 6.45) is 5.23. The molecule has 0 aliphatic rings. The molecule has 120 valence electrons. The largest absolute Gasteiger partial charge is 0.462 e. The molecule has 0 N–H and O–H groups in total. The van der Waals surface area contributed by atoms with E-state index < -0.39 is 6.17 Å². The minimum Gasteiger partial charge on any atom is -0.462 e. The molecule has 0 bridgehead atoms. The SMILES string of the molecule is CCCCC(SCCCC(F)CCC)C(=O)OC(C)C. The van der Waals surface area contributed by atoms with Gasteiger partial charge in [-0.3, -0.25) is 4.79 Å². The van der Waals surface area contributed by atoms with Gasteiger partial charge in [-0.25, -0.2) is 4.39 Å². The zero-order valence-corrected chi connectivity index (χ0v) is 14.3. The van der Waals surface area contributed by atoms with Gasteiger partial charge in [-0.05, 0) is 45.3 Å². The van der Waals surface area contributed by atoms with Gasteiger partial charge in [0.15, 0.2) is 0 Å². The number of hydrogen-bond donors (Lipinski definition) is 0. The van der Waals surface area contributed by atoms with Crippen LogP contribution in [-0.4, -0.2) is 29.2 Å². The van der Waals surface area contributed by atoms with Crippen molar-refractivity contribution in [1.82, 2.24) is 0 Å². The van der Waals surface area contributed by atoms with Gasteiger partial charge in [-0.1, -0.05) is 33.1 Å². The van der Waals surface area contributed by atoms with Gasteiger partial charge >= 0.3 is 5.97 Å². The second-order valence-corrected chi connectivity index (χ2v) is 6.83. The third-order valence-electron chi connectivity index (χ3n) is 3.02. The first kappa shape index (κ1) is 19.8. The van der Waals surface area contributed by atoms with Crippen molar-refractivity contribution in [3.63, 3.8) is 0 Å². The summed E-state index contributed by atoms with van der Waals surface area (Å²) >= 11 is 1.63. The Morgan fingerprint density at radius 1 is 1.10 bits per heavy atom. The van der Waals surface area contributed by atoms with E-state index in [0.29, 0.717) is 12.8 Å². The number of carbonyl (C=O) groups is 1. The highest BCUT2D eigenvalue weighted by atomic mass is 32.2. The van der Waals surface area contributed by atoms with Crippen LogP contribution in [0.3, 0.4) is 0 Å². The van der Waals surface area contributed by atoms with Crippen molar-refractivity contribution in [1.29, 1.82) is 0 Å². The predicted octanol–water partition coefficient (Wildman–Crippen LogP) is 5.15. The van der Waals surface area contributed by atoms with Crippen LogP contribution >= 0.6 is 11.8 Å². The van der Waals surface area contributed by atoms with Crippen molar-refractivity contribution in [2.75, 3.05) is 5.75 Å². The summed E-state index contributed by atoms with van der Waals surface area (Å²) in [5.41, 5.74) is 0. The van der Waals surface area contributed by atoms with Crippen molar-refractivity contribution >= 4 is 17.7 Å². The van der Waals surface area contributed by atoms with Crippen LogP contribution < -0.4 is 0 Å². The third-order valence-corrected chi connectivity index (χ3v) is 4.37. The van der Waals surface area contributed by atoms with Gasteiger partial charge in [0.2, 0.25) is 0 Å². The number of unbranched alkanes of at least 4 members (excludes halogenated alkanes) is 1. The summed E-state index contributed by atoms with van der Waals surface area (Å²) in [5.74, 6) is 0.731. The van der Waals surface area contributed by atoms with E-state index in [2.05, 4.69) is 6.92 Å². The number of alkyl halides is 1. The molecule has 0 aromatic carbocycles. The van der Waals surface area contributed by atoms with Gasteiger partial charge in [0, 0.05) is 0 Å². The molecule has 4 heteroatoms. The van der Waals surface area contributed by atoms with Gasteiger partial charge in [-0.2, -0.15) is 0 Å². The molecule has 0 aromatic rings. The number of halogens is 1. The first-order valence-corrected chi connectivity index (χ1v) is 9.02. The third kappa shape index (κ3) is 10.5. The first-order valence-electron chi connectivity index (χ1n) is 7.97. The highest BCUT2D eigenvalue weighted by molar-refractivity contribution is 8.00. The summed E-state index contributed by atoms with van der Waals surface area (Å²) in [6.45, 7) is 7.87. The van der Waals surface area contributed by atoms with Gasteiger partial charge < -0.3 is 4.74 Å². The van der Waals surface area contributed by atoms with E-state index in [0.717, 1.165) is 37.9 Å². The van der Waals surface area contributed by atoms with E-state index in [1.54, 1.807) is 11.8 Å². The second kappa shape index (κ2) is 12.5. The van der Waals surface area contributed by atoms with Crippen molar-refractivity contribution in [3.05, 3.63) is 0 Å². The smallest absolute Gasteiger partial charge is 0.319 e. The fourth-order valence-electron chi connectivity index (χ4n) is 1.95. The Hall–Kier alpha value is -0.250. The Bertz CT molecular complexity index is 247. The molecular formula is C16H31FO2S. The quantitative estimate of drug-likeness (QED) is 0.368. The van der Waals surface area contributed by atoms with Crippen LogP contribution in [0.4, 0.5) is 4.39 Å². The molecule has 0 saturated heterocycles. The summed E-state index contributed by atoms with van der Waals surface area (Å²) in [5, 5.41) is -0.0819. The van der Waals surface area contributed by atoms with Crippen LogP contribution in [0.25, 0.3) is 0 Å². The van der Waals surface area contributed by atoms with E-state index >= 15 is 0 Å². The minimum atomic E-state index is -0.683. The van der Waals surface area contributed by atoms with Crippen LogP contribution in [0.5, 0.6) is 0 Å². The van der Waals surface area contributed by atoms with Gasteiger partial charge in [0.05, 0.1) is 6.10 Å². The molecule has 0 aliphatic carbocycles. The minimum absolute atomic E-state index is 0.0630. The number of ether oxygens (including phenoxy) is 1. The van der Waals surface area contributed by atoms with Crippen molar-refractivity contribution in [3.8, 4) is 0 Å². The fraction of sp³-hybridized carbons (Fsp3) is 0.938. The van der Waals surface area contributed by atoms with Crippen molar-refractivity contribution in [2.45, 2.75) is 90.2 Å². The van der Waals surface area contributed by atoms with Gasteiger partial charge in [-0.15, -0.1) is 11.8 Å². The normalized spacial score (nSPS) is 14.3. The highest BCUT2D eigenvalue weighted by Crippen LogP contribution is 2.22. The Balaban J connectivity index is 4.00. The number of thioether (sulfide) groups is 1. The Kier molecular flexibility index (Phi) is 12.3. The molecule has 2 unspecified atom stereocenters. The lowest BCUT2D eigenvalue weighted by Gasteiger charge is -2.17. The maximum atomic E-state index is 13.4. The standard InChI is InChI=1S/C16H31FO2S/c1-5-7-11-15(16(18)19-13(3)4)20-12-8-10-14(17)9-6-2/h13-15H,5-12H2,1-4H3. The molecule has 0 spiro atoms. The maximum absolute atomic E-state index is 13.4. The molecule has 2 nitrogen and oxygen atoms in total. The van der Waals surface area contributed by atoms with E-state index in [-0.39, 0.29) is 17.3 Å². The number of rotatable bonds is 12. The van der Waals surface area contributed by atoms with Crippen LogP contribution in [-0.2, 0) is 9.53 Å². The summed E-state index contributed by atoms with van der Waals surface area (Å²) in [7, 11) is 0. The lowest BCUT2D eigenvalue weighted by atomic mass is 10.1. The van der Waals surface area contributed by atoms with Gasteiger partial charge in [0.1, 0.15) is 11.4 Å². The number of carbonyl (C=O) groups excluding carboxylic acids is 1. The Labute approximate surface area is 128 Å². The average Bonchev–Trinajstić information content (AvgIpc) is 2.37. The highest BCUT2D eigenvalue weighted by Gasteiger charge is 2.21. The molecule has 0 heterocycles. The molecule has 0 fully saturated rings. The molecule has 0 saturated carbocycles. The topological polar surface area (TPSA) is 26.3 Å². The number of hydrogen-bond acceptors (Lipinski definition) is 3. The van der Waals surface area contributed by atoms with Crippen LogP contribution in [0, 0.1) is 0 Å². The lowest BCUT2D eigenvalue weighted by Crippen LogP contribution is -2.24. The van der Waals surface area contributed by atoms with E-state index in [4.69, 9.17) is 4.74 Å². The van der Waals surface area contributed by atoms with Crippen LogP contribution in [0.1, 0.15) is 72.6 Å². The predicted molar refractivity (Wildman–Crippen MR) is 86.0 cm³/mol. The Morgan fingerprint density at radius 2 is 1.80 bits per heavy atom. The molecule has 20 heavy (non-hydrogen) atoms. The van der Waals surface area contributed by atoms with E-state index in [1.165, 1.54) is 0 Å². The molecule has 0 radical (unpaired) electrons. The molecule has 0 rings (SSSR count). The average molecular weight is 306 g/mol. The molecule has 2 atom stereocenters. The molecule has 0 amide bonds. The Morgan fingerprint density at radius 3 is 2.35 bits per heavy atom. The first-order chi connectivity index (χ1) is 9.51. The van der Waals surface area contributed by atoms with Crippen LogP contribution in [0.2, 0.25) is 0 Å². The van der Waals surface area contributed by atoms with Crippen molar-refractivity contribution in [2.24, 2.45) is 0 Å². The second-order valence-electron chi connectivity index (χ2n) is 5.52. The van der Waals surface area contributed by atoms with Crippen molar-refractivity contribution < 1.29 is 13.9 Å². The zero-order valence-electron chi connectivity index (χ0n) is 13.5. The summed E-state index contributed by atoms with van der Waals surface area (Å²) < 4.78 is 18.7. The van der Waals surface area contributed by atoms with Crippen LogP contribution in [0.15, 0.2) is 0 Å². The summed E-state index contributed by atoms with van der Waals surface area (Å²) in [6, 6.07) is 0. The zero-order chi connectivity index (χ0) is 15.4. The van der Waals surface area contributed by atoms with E-state index in [9.17, 15) is 9.18 Å².